The molecule has 0 heterocycles. The number of hydrogen-bond donors (Lipinski definition) is 2. The zero-order valence-electron chi connectivity index (χ0n) is 7.09. The lowest BCUT2D eigenvalue weighted by molar-refractivity contribution is -0.0769. The van der Waals surface area contributed by atoms with Crippen LogP contribution in [0, 0.1) is 12.3 Å². The lowest BCUT2D eigenvalue weighted by Gasteiger charge is -2.29. The highest BCUT2D eigenvalue weighted by Crippen LogP contribution is 2.21. The van der Waals surface area contributed by atoms with E-state index in [1.807, 2.05) is 13.8 Å². The van der Waals surface area contributed by atoms with Crippen molar-refractivity contribution in [1.82, 2.24) is 0 Å². The fourth-order valence-corrected chi connectivity index (χ4v) is 1.01. The lowest BCUT2D eigenvalue weighted by Crippen LogP contribution is -2.40. The third-order valence-electron chi connectivity index (χ3n) is 2.14. The molecule has 1 atom stereocenters. The van der Waals surface area contributed by atoms with Crippen molar-refractivity contribution >= 4 is 0 Å². The standard InChI is InChI=1S/C9H15O2/c1-4-7-8(10)9(11,5-2)6-3/h8,10-11H,5-7H2,2-3H3. The summed E-state index contributed by atoms with van der Waals surface area (Å²) in [4.78, 5) is 0. The molecule has 0 spiro atoms. The van der Waals surface area contributed by atoms with Crippen molar-refractivity contribution in [2.75, 3.05) is 0 Å². The van der Waals surface area contributed by atoms with E-state index >= 15 is 0 Å². The smallest absolute Gasteiger partial charge is 0.0936 e. The molecule has 11 heavy (non-hydrogen) atoms. The van der Waals surface area contributed by atoms with Gasteiger partial charge < -0.3 is 10.2 Å². The van der Waals surface area contributed by atoms with E-state index in [4.69, 9.17) is 6.42 Å². The Kier molecular flexibility index (Phi) is 4.17. The minimum atomic E-state index is -1.03. The van der Waals surface area contributed by atoms with Gasteiger partial charge in [0.1, 0.15) is 0 Å². The summed E-state index contributed by atoms with van der Waals surface area (Å²) in [5, 5.41) is 19.0. The maximum Gasteiger partial charge on any atom is 0.0936 e. The average Bonchev–Trinajstić information content (AvgIpc) is 2.03. The first kappa shape index (κ1) is 10.5. The van der Waals surface area contributed by atoms with Crippen LogP contribution in [0.15, 0.2) is 0 Å². The first-order chi connectivity index (χ1) is 5.10. The Morgan fingerprint density at radius 2 is 1.91 bits per heavy atom. The highest BCUT2D eigenvalue weighted by molar-refractivity contribution is 4.91. The van der Waals surface area contributed by atoms with Gasteiger partial charge in [-0.25, -0.2) is 0 Å². The van der Waals surface area contributed by atoms with Gasteiger partial charge in [0.15, 0.2) is 0 Å². The van der Waals surface area contributed by atoms with Gasteiger partial charge in [-0.15, -0.1) is 0 Å². The molecule has 0 aliphatic carbocycles. The SMILES string of the molecule is [C]#CCC(O)C(O)(CC)CC. The monoisotopic (exact) mass is 155 g/mol. The van der Waals surface area contributed by atoms with Crippen molar-refractivity contribution in [2.24, 2.45) is 0 Å². The fraction of sp³-hybridized carbons (Fsp3) is 0.778. The van der Waals surface area contributed by atoms with Gasteiger partial charge in [-0.1, -0.05) is 19.8 Å². The largest absolute Gasteiger partial charge is 0.389 e. The molecule has 1 unspecified atom stereocenters. The summed E-state index contributed by atoms with van der Waals surface area (Å²) in [7, 11) is 0. The van der Waals surface area contributed by atoms with E-state index in [0.717, 1.165) is 0 Å². The number of rotatable bonds is 4. The van der Waals surface area contributed by atoms with Crippen LogP contribution in [-0.4, -0.2) is 21.9 Å². The molecule has 0 saturated carbocycles. The molecule has 0 aromatic carbocycles. The van der Waals surface area contributed by atoms with Crippen molar-refractivity contribution in [3.8, 4) is 5.92 Å². The van der Waals surface area contributed by atoms with Crippen LogP contribution in [0.3, 0.4) is 0 Å². The molecule has 1 radical (unpaired) electrons. The normalized spacial score (nSPS) is 14.1. The predicted octanol–water partition coefficient (Wildman–Crippen LogP) is 0.878. The number of aliphatic hydroxyl groups excluding tert-OH is 1. The maximum atomic E-state index is 9.66. The molecular weight excluding hydrogens is 140 g/mol. The predicted molar refractivity (Wildman–Crippen MR) is 43.3 cm³/mol. The molecule has 2 N–H and O–H groups in total. The topological polar surface area (TPSA) is 40.5 Å². The summed E-state index contributed by atoms with van der Waals surface area (Å²) in [6, 6.07) is 0. The van der Waals surface area contributed by atoms with Gasteiger partial charge in [-0.2, -0.15) is 0 Å². The van der Waals surface area contributed by atoms with E-state index < -0.39 is 11.7 Å². The van der Waals surface area contributed by atoms with Gasteiger partial charge in [0.25, 0.3) is 0 Å². The molecule has 0 aliphatic heterocycles. The Labute approximate surface area is 68.2 Å². The van der Waals surface area contributed by atoms with Crippen LogP contribution in [0.25, 0.3) is 0 Å². The van der Waals surface area contributed by atoms with Crippen molar-refractivity contribution in [3.05, 3.63) is 6.42 Å². The Hall–Kier alpha value is -0.520. The Bertz CT molecular complexity index is 142. The Morgan fingerprint density at radius 3 is 2.18 bits per heavy atom. The summed E-state index contributed by atoms with van der Waals surface area (Å²) >= 11 is 0. The zero-order valence-corrected chi connectivity index (χ0v) is 7.09. The summed E-state index contributed by atoms with van der Waals surface area (Å²) < 4.78 is 0. The minimum absolute atomic E-state index is 0.109. The van der Waals surface area contributed by atoms with Gasteiger partial charge in [0, 0.05) is 6.42 Å². The number of aliphatic hydroxyl groups is 2. The maximum absolute atomic E-state index is 9.66. The first-order valence-electron chi connectivity index (χ1n) is 3.90. The molecule has 0 amide bonds. The summed E-state index contributed by atoms with van der Waals surface area (Å²) in [5.74, 6) is 2.08. The van der Waals surface area contributed by atoms with Gasteiger partial charge in [-0.3, -0.25) is 0 Å². The molecular formula is C9H15O2. The fourth-order valence-electron chi connectivity index (χ4n) is 1.01. The first-order valence-corrected chi connectivity index (χ1v) is 3.90. The number of hydrogen-bond acceptors (Lipinski definition) is 2. The molecule has 0 saturated heterocycles. The average molecular weight is 155 g/mol. The quantitative estimate of drug-likeness (QED) is 0.592. The molecule has 0 aliphatic rings. The molecule has 0 aromatic rings. The summed E-state index contributed by atoms with van der Waals surface area (Å²) in [6.07, 6.45) is 6.91. The van der Waals surface area contributed by atoms with E-state index in [-0.39, 0.29) is 6.42 Å². The van der Waals surface area contributed by atoms with E-state index in [0.29, 0.717) is 12.8 Å². The van der Waals surface area contributed by atoms with Crippen LogP contribution >= 0.6 is 0 Å². The van der Waals surface area contributed by atoms with E-state index in [9.17, 15) is 10.2 Å². The van der Waals surface area contributed by atoms with Crippen molar-refractivity contribution in [3.63, 3.8) is 0 Å². The second-order valence-corrected chi connectivity index (χ2v) is 2.71. The molecule has 0 rings (SSSR count). The lowest BCUT2D eigenvalue weighted by atomic mass is 9.89. The third-order valence-corrected chi connectivity index (χ3v) is 2.14. The summed E-state index contributed by atoms with van der Waals surface area (Å²) in [6.45, 7) is 3.63. The molecule has 63 valence electrons. The highest BCUT2D eigenvalue weighted by atomic mass is 16.3. The van der Waals surface area contributed by atoms with Crippen LogP contribution in [0.4, 0.5) is 0 Å². The van der Waals surface area contributed by atoms with Crippen LogP contribution in [0.5, 0.6) is 0 Å². The third kappa shape index (κ3) is 2.53. The van der Waals surface area contributed by atoms with Crippen LogP contribution in [-0.2, 0) is 0 Å². The van der Waals surface area contributed by atoms with Crippen molar-refractivity contribution in [1.29, 1.82) is 0 Å². The second-order valence-electron chi connectivity index (χ2n) is 2.71. The molecule has 2 nitrogen and oxygen atoms in total. The van der Waals surface area contributed by atoms with Gasteiger partial charge in [0.2, 0.25) is 0 Å². The Morgan fingerprint density at radius 1 is 1.45 bits per heavy atom. The van der Waals surface area contributed by atoms with Gasteiger partial charge in [0.05, 0.1) is 11.7 Å². The Balaban J connectivity index is 4.14. The second kappa shape index (κ2) is 4.38. The van der Waals surface area contributed by atoms with E-state index in [1.165, 1.54) is 0 Å². The van der Waals surface area contributed by atoms with Crippen LogP contribution < -0.4 is 0 Å². The van der Waals surface area contributed by atoms with Gasteiger partial charge in [-0.05, 0) is 19.3 Å². The zero-order chi connectivity index (χ0) is 8.91. The molecule has 0 bridgehead atoms. The van der Waals surface area contributed by atoms with E-state index in [2.05, 4.69) is 5.92 Å². The van der Waals surface area contributed by atoms with Crippen molar-refractivity contribution < 1.29 is 10.2 Å². The summed E-state index contributed by atoms with van der Waals surface area (Å²) in [5.41, 5.74) is -1.03. The van der Waals surface area contributed by atoms with Crippen LogP contribution in [0.1, 0.15) is 33.1 Å². The molecule has 2 heteroatoms. The van der Waals surface area contributed by atoms with E-state index in [1.54, 1.807) is 0 Å². The van der Waals surface area contributed by atoms with Crippen molar-refractivity contribution in [2.45, 2.75) is 44.8 Å². The molecule has 0 aromatic heterocycles. The highest BCUT2D eigenvalue weighted by Gasteiger charge is 2.30. The minimum Gasteiger partial charge on any atom is -0.389 e. The van der Waals surface area contributed by atoms with Crippen LogP contribution in [0.2, 0.25) is 0 Å². The molecule has 0 fully saturated rings. The van der Waals surface area contributed by atoms with Gasteiger partial charge >= 0.3 is 0 Å².